The van der Waals surface area contributed by atoms with E-state index in [0.717, 1.165) is 29.7 Å². The second-order valence-electron chi connectivity index (χ2n) is 5.77. The van der Waals surface area contributed by atoms with Crippen LogP contribution in [0.1, 0.15) is 30.5 Å². The molecule has 0 fully saturated rings. The number of rotatable bonds is 7. The van der Waals surface area contributed by atoms with E-state index < -0.39 is 4.92 Å². The summed E-state index contributed by atoms with van der Waals surface area (Å²) in [4.78, 5) is 22.9. The summed E-state index contributed by atoms with van der Waals surface area (Å²) in [5.41, 5.74) is 4.20. The normalized spacial score (nSPS) is 10.4. The zero-order valence-electron chi connectivity index (χ0n) is 14.8. The quantitative estimate of drug-likeness (QED) is 0.587. The number of nitro benzene ring substituents is 1. The van der Waals surface area contributed by atoms with Crippen LogP contribution in [0, 0.1) is 17.0 Å². The summed E-state index contributed by atoms with van der Waals surface area (Å²) in [6, 6.07) is 10.8. The number of aryl methyl sites for hydroxylation is 2. The van der Waals surface area contributed by atoms with Crippen molar-refractivity contribution in [2.45, 2.75) is 33.6 Å². The van der Waals surface area contributed by atoms with Gasteiger partial charge in [0.05, 0.1) is 11.5 Å². The molecule has 0 aliphatic heterocycles. The van der Waals surface area contributed by atoms with E-state index in [1.54, 1.807) is 19.1 Å². The first-order chi connectivity index (χ1) is 12.0. The number of para-hydroxylation sites is 1. The summed E-state index contributed by atoms with van der Waals surface area (Å²) in [6.45, 7) is 5.81. The van der Waals surface area contributed by atoms with E-state index in [1.807, 2.05) is 18.2 Å². The van der Waals surface area contributed by atoms with Crippen molar-refractivity contribution in [3.05, 3.63) is 63.2 Å². The molecule has 6 nitrogen and oxygen atoms in total. The monoisotopic (exact) mass is 341 g/mol. The third kappa shape index (κ3) is 4.35. The Balaban J connectivity index is 2.10. The molecule has 0 heterocycles. The maximum atomic E-state index is 12.3. The Morgan fingerprint density at radius 3 is 2.24 bits per heavy atom. The maximum absolute atomic E-state index is 12.3. The highest BCUT2D eigenvalue weighted by molar-refractivity contribution is 5.95. The van der Waals surface area contributed by atoms with Gasteiger partial charge < -0.3 is 10.6 Å². The summed E-state index contributed by atoms with van der Waals surface area (Å²) >= 11 is 0. The van der Waals surface area contributed by atoms with Crippen molar-refractivity contribution in [3.63, 3.8) is 0 Å². The van der Waals surface area contributed by atoms with Gasteiger partial charge in [0.25, 0.3) is 5.69 Å². The van der Waals surface area contributed by atoms with E-state index in [2.05, 4.69) is 24.5 Å². The maximum Gasteiger partial charge on any atom is 0.274 e. The lowest BCUT2D eigenvalue weighted by Crippen LogP contribution is -2.23. The molecule has 0 aliphatic rings. The Kier molecular flexibility index (Phi) is 6.11. The highest BCUT2D eigenvalue weighted by atomic mass is 16.6. The number of carbonyl (C=O) groups is 1. The zero-order valence-corrected chi connectivity index (χ0v) is 14.8. The molecule has 0 saturated carbocycles. The van der Waals surface area contributed by atoms with Crippen LogP contribution in [0.5, 0.6) is 0 Å². The fourth-order valence-electron chi connectivity index (χ4n) is 2.78. The average molecular weight is 341 g/mol. The number of hydrogen-bond donors (Lipinski definition) is 2. The summed E-state index contributed by atoms with van der Waals surface area (Å²) < 4.78 is 0. The van der Waals surface area contributed by atoms with Crippen LogP contribution in [0.3, 0.4) is 0 Å². The lowest BCUT2D eigenvalue weighted by Gasteiger charge is -2.15. The number of amides is 1. The molecule has 0 bridgehead atoms. The van der Waals surface area contributed by atoms with Crippen molar-refractivity contribution in [2.75, 3.05) is 17.2 Å². The minimum atomic E-state index is -0.425. The Labute approximate surface area is 147 Å². The van der Waals surface area contributed by atoms with Crippen LogP contribution in [0.4, 0.5) is 17.1 Å². The van der Waals surface area contributed by atoms with Gasteiger partial charge in [-0.05, 0) is 37.0 Å². The number of carbonyl (C=O) groups excluding carboxylic acids is 1. The molecule has 0 atom stereocenters. The Morgan fingerprint density at radius 1 is 1.08 bits per heavy atom. The van der Waals surface area contributed by atoms with Gasteiger partial charge in [0.2, 0.25) is 5.91 Å². The van der Waals surface area contributed by atoms with Gasteiger partial charge in [-0.1, -0.05) is 38.1 Å². The lowest BCUT2D eigenvalue weighted by atomic mass is 10.0. The van der Waals surface area contributed by atoms with Crippen LogP contribution < -0.4 is 10.6 Å². The number of nitrogens with zero attached hydrogens (tertiary/aromatic N) is 1. The van der Waals surface area contributed by atoms with Gasteiger partial charge in [-0.2, -0.15) is 0 Å². The first-order valence-corrected chi connectivity index (χ1v) is 8.36. The second-order valence-corrected chi connectivity index (χ2v) is 5.77. The molecule has 0 radical (unpaired) electrons. The molecular formula is C19H23N3O3. The van der Waals surface area contributed by atoms with Crippen LogP contribution in [-0.2, 0) is 17.6 Å². The van der Waals surface area contributed by atoms with E-state index in [4.69, 9.17) is 0 Å². The summed E-state index contributed by atoms with van der Waals surface area (Å²) in [5, 5.41) is 17.0. The molecule has 2 N–H and O–H groups in total. The first kappa shape index (κ1) is 18.4. The van der Waals surface area contributed by atoms with Gasteiger partial charge in [0, 0.05) is 23.0 Å². The Morgan fingerprint density at radius 2 is 1.68 bits per heavy atom. The highest BCUT2D eigenvalue weighted by Crippen LogP contribution is 2.25. The first-order valence-electron chi connectivity index (χ1n) is 8.36. The van der Waals surface area contributed by atoms with Gasteiger partial charge in [0.1, 0.15) is 0 Å². The molecule has 0 unspecified atom stereocenters. The third-order valence-corrected chi connectivity index (χ3v) is 4.20. The van der Waals surface area contributed by atoms with Crippen LogP contribution in [0.2, 0.25) is 0 Å². The van der Waals surface area contributed by atoms with Crippen molar-refractivity contribution in [1.82, 2.24) is 0 Å². The number of hydrogen-bond acceptors (Lipinski definition) is 4. The van der Waals surface area contributed by atoms with Crippen molar-refractivity contribution in [2.24, 2.45) is 0 Å². The summed E-state index contributed by atoms with van der Waals surface area (Å²) in [7, 11) is 0. The van der Waals surface area contributed by atoms with Gasteiger partial charge in [0.15, 0.2) is 0 Å². The van der Waals surface area contributed by atoms with Gasteiger partial charge >= 0.3 is 0 Å². The zero-order chi connectivity index (χ0) is 18.4. The second kappa shape index (κ2) is 8.28. The molecule has 6 heteroatoms. The minimum Gasteiger partial charge on any atom is -0.376 e. The van der Waals surface area contributed by atoms with Crippen molar-refractivity contribution < 1.29 is 9.72 Å². The van der Waals surface area contributed by atoms with Crippen LogP contribution in [0.15, 0.2) is 36.4 Å². The topological polar surface area (TPSA) is 84.3 Å². The SMILES string of the molecule is CCc1cccc(CC)c1NC(=O)CNc1cccc([N+](=O)[O-])c1C. The van der Waals surface area contributed by atoms with Crippen LogP contribution in [0.25, 0.3) is 0 Å². The largest absolute Gasteiger partial charge is 0.376 e. The molecular weight excluding hydrogens is 318 g/mol. The predicted molar refractivity (Wildman–Crippen MR) is 100 cm³/mol. The summed E-state index contributed by atoms with van der Waals surface area (Å²) in [5.74, 6) is -0.179. The standard InChI is InChI=1S/C19H23N3O3/c1-4-14-8-6-9-15(5-2)19(14)21-18(23)12-20-16-10-7-11-17(13(16)3)22(24)25/h6-11,20H,4-5,12H2,1-3H3,(H,21,23). The minimum absolute atomic E-state index is 0.0370. The number of anilines is 2. The van der Waals surface area contributed by atoms with Crippen LogP contribution in [-0.4, -0.2) is 17.4 Å². The summed E-state index contributed by atoms with van der Waals surface area (Å²) in [6.07, 6.45) is 1.67. The van der Waals surface area contributed by atoms with E-state index in [-0.39, 0.29) is 18.1 Å². The van der Waals surface area contributed by atoms with Gasteiger partial charge in [-0.25, -0.2) is 0 Å². The van der Waals surface area contributed by atoms with Gasteiger partial charge in [-0.15, -0.1) is 0 Å². The van der Waals surface area contributed by atoms with E-state index >= 15 is 0 Å². The molecule has 2 rings (SSSR count). The Hall–Kier alpha value is -2.89. The molecule has 132 valence electrons. The molecule has 25 heavy (non-hydrogen) atoms. The highest BCUT2D eigenvalue weighted by Gasteiger charge is 2.14. The molecule has 0 saturated heterocycles. The fraction of sp³-hybridized carbons (Fsp3) is 0.316. The van der Waals surface area contributed by atoms with Gasteiger partial charge in [-0.3, -0.25) is 14.9 Å². The molecule has 0 spiro atoms. The lowest BCUT2D eigenvalue weighted by molar-refractivity contribution is -0.385. The molecule has 0 aliphatic carbocycles. The molecule has 0 aromatic heterocycles. The smallest absolute Gasteiger partial charge is 0.274 e. The van der Waals surface area contributed by atoms with Crippen LogP contribution >= 0.6 is 0 Å². The fourth-order valence-corrected chi connectivity index (χ4v) is 2.78. The molecule has 2 aromatic carbocycles. The van der Waals surface area contributed by atoms with Crippen molar-refractivity contribution >= 4 is 23.0 Å². The predicted octanol–water partition coefficient (Wildman–Crippen LogP) is 4.08. The number of nitrogens with one attached hydrogen (secondary N) is 2. The number of benzene rings is 2. The molecule has 2 aromatic rings. The Bertz CT molecular complexity index is 765. The third-order valence-electron chi connectivity index (χ3n) is 4.20. The van der Waals surface area contributed by atoms with E-state index in [9.17, 15) is 14.9 Å². The number of nitro groups is 1. The average Bonchev–Trinajstić information content (AvgIpc) is 2.60. The van der Waals surface area contributed by atoms with E-state index in [1.165, 1.54) is 6.07 Å². The van der Waals surface area contributed by atoms with Crippen molar-refractivity contribution in [3.8, 4) is 0 Å². The molecule has 1 amide bonds. The van der Waals surface area contributed by atoms with Crippen molar-refractivity contribution in [1.29, 1.82) is 0 Å². The van der Waals surface area contributed by atoms with E-state index in [0.29, 0.717) is 11.3 Å².